The standard InChI is InChI=1S/C26H25NOSSi/c1-4-11-23(12-5-1)20-30(21-24-13-6-2-7-14-24,22-25-15-8-3-9-16-25)28-27-19-26-17-10-18-29-26/h1-19H,20-22H2. The Morgan fingerprint density at radius 3 is 1.50 bits per heavy atom. The van der Waals surface area contributed by atoms with E-state index in [1.54, 1.807) is 11.3 Å². The minimum Gasteiger partial charge on any atom is -0.454 e. The summed E-state index contributed by atoms with van der Waals surface area (Å²) in [5.74, 6) is 0. The monoisotopic (exact) mass is 427 g/mol. The Hall–Kier alpha value is -2.95. The Bertz CT molecular complexity index is 933. The van der Waals surface area contributed by atoms with E-state index in [-0.39, 0.29) is 0 Å². The van der Waals surface area contributed by atoms with E-state index in [1.807, 2.05) is 12.3 Å². The minimum atomic E-state index is -2.34. The molecule has 30 heavy (non-hydrogen) atoms. The lowest BCUT2D eigenvalue weighted by molar-refractivity contribution is 0.319. The van der Waals surface area contributed by atoms with Crippen LogP contribution in [0.4, 0.5) is 0 Å². The second-order valence-corrected chi connectivity index (χ2v) is 12.1. The molecule has 0 aliphatic heterocycles. The maximum Gasteiger partial charge on any atom is 0.300 e. The van der Waals surface area contributed by atoms with E-state index in [9.17, 15) is 0 Å². The summed E-state index contributed by atoms with van der Waals surface area (Å²) >= 11 is 1.67. The van der Waals surface area contributed by atoms with E-state index in [4.69, 9.17) is 4.53 Å². The van der Waals surface area contributed by atoms with E-state index in [0.717, 1.165) is 23.0 Å². The molecule has 0 aliphatic carbocycles. The van der Waals surface area contributed by atoms with Crippen LogP contribution in [0.1, 0.15) is 21.6 Å². The van der Waals surface area contributed by atoms with Crippen LogP contribution in [0.3, 0.4) is 0 Å². The van der Waals surface area contributed by atoms with E-state index in [1.165, 1.54) is 16.7 Å². The number of hydrogen-bond acceptors (Lipinski definition) is 3. The summed E-state index contributed by atoms with van der Waals surface area (Å²) in [4.78, 5) is 1.11. The number of thiophene rings is 1. The van der Waals surface area contributed by atoms with Crippen LogP contribution in [0.25, 0.3) is 0 Å². The van der Waals surface area contributed by atoms with Gasteiger partial charge in [0.1, 0.15) is 0 Å². The summed E-state index contributed by atoms with van der Waals surface area (Å²) in [5, 5.41) is 6.58. The average Bonchev–Trinajstić information content (AvgIpc) is 3.29. The van der Waals surface area contributed by atoms with Crippen molar-refractivity contribution < 1.29 is 4.53 Å². The lowest BCUT2D eigenvalue weighted by atomic mass is 10.2. The molecule has 0 unspecified atom stereocenters. The molecule has 0 bridgehead atoms. The van der Waals surface area contributed by atoms with Gasteiger partial charge in [0.15, 0.2) is 0 Å². The highest BCUT2D eigenvalue weighted by Crippen LogP contribution is 2.24. The van der Waals surface area contributed by atoms with Gasteiger partial charge >= 0.3 is 0 Å². The normalized spacial score (nSPS) is 11.6. The summed E-state index contributed by atoms with van der Waals surface area (Å²) in [6, 6.07) is 38.9. The Balaban J connectivity index is 1.69. The summed E-state index contributed by atoms with van der Waals surface area (Å²) < 4.78 is 6.53. The lowest BCUT2D eigenvalue weighted by Gasteiger charge is -2.29. The van der Waals surface area contributed by atoms with Crippen molar-refractivity contribution in [3.63, 3.8) is 0 Å². The van der Waals surface area contributed by atoms with E-state index < -0.39 is 8.32 Å². The first-order valence-electron chi connectivity index (χ1n) is 10.2. The lowest BCUT2D eigenvalue weighted by Crippen LogP contribution is -2.46. The van der Waals surface area contributed by atoms with Crippen LogP contribution in [-0.2, 0) is 22.7 Å². The first-order chi connectivity index (χ1) is 14.8. The third-order valence-electron chi connectivity index (χ3n) is 5.08. The molecule has 0 aliphatic rings. The van der Waals surface area contributed by atoms with Gasteiger partial charge in [-0.15, -0.1) is 16.5 Å². The van der Waals surface area contributed by atoms with E-state index in [2.05, 4.69) is 108 Å². The zero-order valence-corrected chi connectivity index (χ0v) is 18.7. The first kappa shape index (κ1) is 20.3. The van der Waals surface area contributed by atoms with E-state index in [0.29, 0.717) is 0 Å². The van der Waals surface area contributed by atoms with Crippen LogP contribution in [-0.4, -0.2) is 14.5 Å². The van der Waals surface area contributed by atoms with Crippen LogP contribution in [0.15, 0.2) is 114 Å². The molecule has 0 atom stereocenters. The van der Waals surface area contributed by atoms with Crippen LogP contribution >= 0.6 is 11.3 Å². The molecule has 0 fully saturated rings. The Morgan fingerprint density at radius 2 is 1.10 bits per heavy atom. The van der Waals surface area contributed by atoms with Crippen molar-refractivity contribution in [2.45, 2.75) is 18.1 Å². The highest BCUT2D eigenvalue weighted by molar-refractivity contribution is 7.11. The van der Waals surface area contributed by atoms with Gasteiger partial charge in [0.25, 0.3) is 8.32 Å². The minimum absolute atomic E-state index is 0.916. The number of benzene rings is 3. The molecule has 0 radical (unpaired) electrons. The predicted octanol–water partition coefficient (Wildman–Crippen LogP) is 6.39. The van der Waals surface area contributed by atoms with Gasteiger partial charge in [0.05, 0.1) is 6.21 Å². The topological polar surface area (TPSA) is 21.6 Å². The number of rotatable bonds is 9. The SMILES string of the molecule is C(=NO[Si](Cc1ccccc1)(Cc1ccccc1)Cc1ccccc1)c1cccs1. The van der Waals surface area contributed by atoms with Crippen molar-refractivity contribution in [3.8, 4) is 0 Å². The van der Waals surface area contributed by atoms with Gasteiger partial charge in [-0.05, 0) is 28.1 Å². The molecule has 1 heterocycles. The van der Waals surface area contributed by atoms with Crippen LogP contribution < -0.4 is 0 Å². The third-order valence-corrected chi connectivity index (χ3v) is 9.53. The van der Waals surface area contributed by atoms with Crippen LogP contribution in [0.2, 0.25) is 0 Å². The number of hydrogen-bond donors (Lipinski definition) is 0. The van der Waals surface area contributed by atoms with Gasteiger partial charge in [-0.25, -0.2) is 0 Å². The zero-order chi connectivity index (χ0) is 20.5. The Morgan fingerprint density at radius 1 is 0.633 bits per heavy atom. The van der Waals surface area contributed by atoms with Crippen molar-refractivity contribution in [3.05, 3.63) is 130 Å². The molecule has 1 aromatic heterocycles. The molecule has 0 saturated carbocycles. The van der Waals surface area contributed by atoms with Crippen molar-refractivity contribution in [1.29, 1.82) is 0 Å². The van der Waals surface area contributed by atoms with E-state index >= 15 is 0 Å². The molecular formula is C26H25NOSSi. The summed E-state index contributed by atoms with van der Waals surface area (Å²) in [5.41, 5.74) is 3.92. The highest BCUT2D eigenvalue weighted by Gasteiger charge is 2.39. The van der Waals surface area contributed by atoms with Gasteiger partial charge in [-0.2, -0.15) is 0 Å². The summed E-state index contributed by atoms with van der Waals surface area (Å²) in [7, 11) is -2.34. The molecular weight excluding hydrogens is 402 g/mol. The smallest absolute Gasteiger partial charge is 0.300 e. The maximum atomic E-state index is 6.53. The fourth-order valence-corrected chi connectivity index (χ4v) is 8.10. The average molecular weight is 428 g/mol. The predicted molar refractivity (Wildman–Crippen MR) is 129 cm³/mol. The fourth-order valence-electron chi connectivity index (χ4n) is 3.74. The molecule has 0 amide bonds. The molecule has 0 spiro atoms. The van der Waals surface area contributed by atoms with Crippen molar-refractivity contribution in [2.24, 2.45) is 5.16 Å². The van der Waals surface area contributed by atoms with Crippen molar-refractivity contribution in [2.75, 3.05) is 0 Å². The first-order valence-corrected chi connectivity index (χ1v) is 13.6. The molecule has 0 N–H and O–H groups in total. The van der Waals surface area contributed by atoms with Gasteiger partial charge in [-0.1, -0.05) is 97.1 Å². The fraction of sp³-hybridized carbons (Fsp3) is 0.115. The molecule has 4 rings (SSSR count). The van der Waals surface area contributed by atoms with Crippen LogP contribution in [0, 0.1) is 0 Å². The molecule has 4 aromatic rings. The van der Waals surface area contributed by atoms with Crippen molar-refractivity contribution in [1.82, 2.24) is 0 Å². The molecule has 3 aromatic carbocycles. The molecule has 2 nitrogen and oxygen atoms in total. The maximum absolute atomic E-state index is 6.53. The molecule has 4 heteroatoms. The largest absolute Gasteiger partial charge is 0.454 e. The van der Waals surface area contributed by atoms with Crippen LogP contribution in [0.5, 0.6) is 0 Å². The van der Waals surface area contributed by atoms with Gasteiger partial charge in [0.2, 0.25) is 0 Å². The van der Waals surface area contributed by atoms with Gasteiger partial charge in [-0.3, -0.25) is 0 Å². The quantitative estimate of drug-likeness (QED) is 0.172. The summed E-state index contributed by atoms with van der Waals surface area (Å²) in [6.07, 6.45) is 1.85. The second kappa shape index (κ2) is 10.2. The Kier molecular flexibility index (Phi) is 6.90. The summed E-state index contributed by atoms with van der Waals surface area (Å²) in [6.45, 7) is 0. The number of nitrogens with zero attached hydrogens (tertiary/aromatic N) is 1. The van der Waals surface area contributed by atoms with Gasteiger partial charge < -0.3 is 4.53 Å². The van der Waals surface area contributed by atoms with Gasteiger partial charge in [0, 0.05) is 23.0 Å². The molecule has 0 saturated heterocycles. The zero-order valence-electron chi connectivity index (χ0n) is 16.9. The highest BCUT2D eigenvalue weighted by atomic mass is 32.1. The Labute approximate surface area is 183 Å². The molecule has 150 valence electrons. The third kappa shape index (κ3) is 5.78. The number of oxime groups is 1. The second-order valence-electron chi connectivity index (χ2n) is 7.51. The van der Waals surface area contributed by atoms with Crippen molar-refractivity contribution >= 4 is 25.9 Å².